The van der Waals surface area contributed by atoms with Crippen LogP contribution in [0.25, 0.3) is 16.1 Å². The summed E-state index contributed by atoms with van der Waals surface area (Å²) in [7, 11) is 1.69. The number of hydrogen-bond acceptors (Lipinski definition) is 6. The molecule has 1 atom stereocenters. The van der Waals surface area contributed by atoms with Gasteiger partial charge in [0.1, 0.15) is 6.33 Å². The second-order valence-corrected chi connectivity index (χ2v) is 8.03. The number of likely N-dealkylation sites (N-methyl/N-ethyl adjacent to an activating group) is 1. The number of thiophene rings is 1. The SMILES string of the molecule is Cc1csc(-c2cc(C(=O)N(C)C[C@H](O)c3ccccc3)cc(-n3cnnn3)c2)c1. The zero-order valence-electron chi connectivity index (χ0n) is 16.6. The fraction of sp³-hybridized carbons (Fsp3) is 0.182. The standard InChI is InChI=1S/C22H21N5O2S/c1-15-8-21(30-13-15)17-9-18(11-19(10-17)27-14-23-24-25-27)22(29)26(2)12-20(28)16-6-4-3-5-7-16/h3-11,13-14,20,28H,12H2,1-2H3/t20-/m0/s1. The van der Waals surface area contributed by atoms with E-state index in [9.17, 15) is 9.90 Å². The maximum Gasteiger partial charge on any atom is 0.253 e. The molecule has 0 aliphatic carbocycles. The average Bonchev–Trinajstić information content (AvgIpc) is 3.45. The molecule has 0 saturated carbocycles. The minimum Gasteiger partial charge on any atom is -0.387 e. The van der Waals surface area contributed by atoms with Crippen molar-refractivity contribution < 1.29 is 9.90 Å². The van der Waals surface area contributed by atoms with Gasteiger partial charge in [0, 0.05) is 17.5 Å². The monoisotopic (exact) mass is 419 g/mol. The quantitative estimate of drug-likeness (QED) is 0.517. The molecule has 2 aromatic heterocycles. The molecule has 2 heterocycles. The first-order valence-corrected chi connectivity index (χ1v) is 10.3. The highest BCUT2D eigenvalue weighted by molar-refractivity contribution is 7.13. The number of aliphatic hydroxyl groups is 1. The van der Waals surface area contributed by atoms with Crippen molar-refractivity contribution in [3.63, 3.8) is 0 Å². The number of tetrazole rings is 1. The van der Waals surface area contributed by atoms with E-state index >= 15 is 0 Å². The highest BCUT2D eigenvalue weighted by Crippen LogP contribution is 2.30. The van der Waals surface area contributed by atoms with E-state index in [-0.39, 0.29) is 12.5 Å². The van der Waals surface area contributed by atoms with E-state index in [0.717, 1.165) is 16.0 Å². The lowest BCUT2D eigenvalue weighted by atomic mass is 10.1. The van der Waals surface area contributed by atoms with E-state index in [0.29, 0.717) is 11.3 Å². The molecule has 4 rings (SSSR count). The minimum absolute atomic E-state index is 0.186. The van der Waals surface area contributed by atoms with Gasteiger partial charge in [-0.25, -0.2) is 4.68 Å². The summed E-state index contributed by atoms with van der Waals surface area (Å²) >= 11 is 1.62. The molecule has 152 valence electrons. The first-order valence-electron chi connectivity index (χ1n) is 9.43. The Bertz CT molecular complexity index is 1140. The second-order valence-electron chi connectivity index (χ2n) is 7.12. The lowest BCUT2D eigenvalue weighted by Gasteiger charge is -2.22. The van der Waals surface area contributed by atoms with Gasteiger partial charge in [-0.3, -0.25) is 4.79 Å². The summed E-state index contributed by atoms with van der Waals surface area (Å²) in [6, 6.07) is 17.0. The van der Waals surface area contributed by atoms with Crippen molar-refractivity contribution in [2.75, 3.05) is 13.6 Å². The predicted octanol–water partition coefficient (Wildman–Crippen LogP) is 3.50. The van der Waals surface area contributed by atoms with Crippen LogP contribution in [0.5, 0.6) is 0 Å². The molecule has 0 radical (unpaired) electrons. The van der Waals surface area contributed by atoms with Gasteiger partial charge in [0.05, 0.1) is 18.3 Å². The molecule has 1 N–H and O–H groups in total. The third kappa shape index (κ3) is 4.29. The number of aryl methyl sites for hydroxylation is 1. The maximum atomic E-state index is 13.2. The highest BCUT2D eigenvalue weighted by atomic mass is 32.1. The highest BCUT2D eigenvalue weighted by Gasteiger charge is 2.19. The van der Waals surface area contributed by atoms with Gasteiger partial charge >= 0.3 is 0 Å². The largest absolute Gasteiger partial charge is 0.387 e. The zero-order chi connectivity index (χ0) is 21.1. The number of carbonyl (C=O) groups excluding carboxylic acids is 1. The van der Waals surface area contributed by atoms with Crippen LogP contribution in [0.15, 0.2) is 66.3 Å². The van der Waals surface area contributed by atoms with Crippen molar-refractivity contribution in [1.29, 1.82) is 0 Å². The Morgan fingerprint density at radius 2 is 2.00 bits per heavy atom. The van der Waals surface area contributed by atoms with E-state index in [4.69, 9.17) is 0 Å². The van der Waals surface area contributed by atoms with Crippen LogP contribution in [0.1, 0.15) is 27.6 Å². The smallest absolute Gasteiger partial charge is 0.253 e. The molecule has 0 unspecified atom stereocenters. The molecule has 8 heteroatoms. The molecule has 0 aliphatic heterocycles. The van der Waals surface area contributed by atoms with Crippen molar-refractivity contribution in [2.24, 2.45) is 0 Å². The zero-order valence-corrected chi connectivity index (χ0v) is 17.5. The van der Waals surface area contributed by atoms with Gasteiger partial charge in [-0.2, -0.15) is 0 Å². The van der Waals surface area contributed by atoms with Crippen molar-refractivity contribution >= 4 is 17.2 Å². The molecule has 0 saturated heterocycles. The lowest BCUT2D eigenvalue weighted by molar-refractivity contribution is 0.0681. The Balaban J connectivity index is 1.65. The van der Waals surface area contributed by atoms with Crippen molar-refractivity contribution in [1.82, 2.24) is 25.1 Å². The summed E-state index contributed by atoms with van der Waals surface area (Å²) in [5.74, 6) is -0.186. The van der Waals surface area contributed by atoms with Crippen LogP contribution in [0.4, 0.5) is 0 Å². The number of aliphatic hydroxyl groups excluding tert-OH is 1. The van der Waals surface area contributed by atoms with E-state index in [1.165, 1.54) is 21.5 Å². The lowest BCUT2D eigenvalue weighted by Crippen LogP contribution is -2.31. The van der Waals surface area contributed by atoms with Crippen LogP contribution in [-0.2, 0) is 0 Å². The summed E-state index contributed by atoms with van der Waals surface area (Å²) in [5.41, 5.74) is 4.06. The van der Waals surface area contributed by atoms with Crippen LogP contribution in [0.3, 0.4) is 0 Å². The molecule has 2 aromatic carbocycles. The fourth-order valence-corrected chi connectivity index (χ4v) is 4.10. The Morgan fingerprint density at radius 3 is 2.67 bits per heavy atom. The molecule has 30 heavy (non-hydrogen) atoms. The van der Waals surface area contributed by atoms with E-state index in [1.807, 2.05) is 49.4 Å². The Hall–Kier alpha value is -3.36. The first kappa shape index (κ1) is 19.9. The van der Waals surface area contributed by atoms with Gasteiger partial charge in [-0.1, -0.05) is 30.3 Å². The van der Waals surface area contributed by atoms with Gasteiger partial charge < -0.3 is 10.0 Å². The Morgan fingerprint density at radius 1 is 1.20 bits per heavy atom. The maximum absolute atomic E-state index is 13.2. The number of carbonyl (C=O) groups is 1. The third-order valence-electron chi connectivity index (χ3n) is 4.77. The van der Waals surface area contributed by atoms with Crippen LogP contribution in [0.2, 0.25) is 0 Å². The molecule has 0 bridgehead atoms. The third-order valence-corrected chi connectivity index (χ3v) is 5.87. The molecule has 4 aromatic rings. The van der Waals surface area contributed by atoms with E-state index in [2.05, 4.69) is 27.0 Å². The Labute approximate surface area is 178 Å². The van der Waals surface area contributed by atoms with Crippen LogP contribution in [0, 0.1) is 6.92 Å². The van der Waals surface area contributed by atoms with Crippen molar-refractivity contribution in [2.45, 2.75) is 13.0 Å². The Kier molecular flexibility index (Phi) is 5.69. The van der Waals surface area contributed by atoms with E-state index < -0.39 is 6.10 Å². The average molecular weight is 420 g/mol. The number of aromatic nitrogens is 4. The van der Waals surface area contributed by atoms with Gasteiger partial charge in [-0.15, -0.1) is 16.4 Å². The summed E-state index contributed by atoms with van der Waals surface area (Å²) in [6.07, 6.45) is 0.734. The number of benzene rings is 2. The molecule has 0 fully saturated rings. The molecule has 1 amide bonds. The molecular weight excluding hydrogens is 398 g/mol. The number of hydrogen-bond donors (Lipinski definition) is 1. The minimum atomic E-state index is -0.762. The molecular formula is C22H21N5O2S. The second kappa shape index (κ2) is 8.56. The van der Waals surface area contributed by atoms with Gasteiger partial charge in [-0.05, 0) is 63.7 Å². The fourth-order valence-electron chi connectivity index (χ4n) is 3.21. The molecule has 0 aliphatic rings. The summed E-state index contributed by atoms with van der Waals surface area (Å²) in [6.45, 7) is 2.22. The summed E-state index contributed by atoms with van der Waals surface area (Å²) in [4.78, 5) is 15.8. The number of rotatable bonds is 6. The summed E-state index contributed by atoms with van der Waals surface area (Å²) in [5, 5.41) is 23.9. The van der Waals surface area contributed by atoms with Gasteiger partial charge in [0.15, 0.2) is 0 Å². The molecule has 0 spiro atoms. The van der Waals surface area contributed by atoms with E-state index in [1.54, 1.807) is 24.5 Å². The van der Waals surface area contributed by atoms with Gasteiger partial charge in [0.25, 0.3) is 5.91 Å². The van der Waals surface area contributed by atoms with Crippen LogP contribution < -0.4 is 0 Å². The number of nitrogens with zero attached hydrogens (tertiary/aromatic N) is 5. The molecule has 7 nitrogen and oxygen atoms in total. The van der Waals surface area contributed by atoms with Crippen LogP contribution in [-0.4, -0.2) is 49.7 Å². The topological polar surface area (TPSA) is 84.1 Å². The van der Waals surface area contributed by atoms with Gasteiger partial charge in [0.2, 0.25) is 0 Å². The van der Waals surface area contributed by atoms with Crippen molar-refractivity contribution in [3.05, 3.63) is 83.0 Å². The number of amides is 1. The van der Waals surface area contributed by atoms with Crippen molar-refractivity contribution in [3.8, 4) is 16.1 Å². The first-order chi connectivity index (χ1) is 14.5. The predicted molar refractivity (Wildman–Crippen MR) is 116 cm³/mol. The summed E-state index contributed by atoms with van der Waals surface area (Å²) < 4.78 is 1.53. The van der Waals surface area contributed by atoms with Crippen LogP contribution >= 0.6 is 11.3 Å². The normalized spacial score (nSPS) is 12.0.